The average molecular weight is 521 g/mol. The first-order valence-electron chi connectivity index (χ1n) is 13.4. The minimum Gasteiger partial charge on any atom is -0.455 e. The molecule has 39 heavy (non-hydrogen) atoms. The number of halogens is 1. The van der Waals surface area contributed by atoms with E-state index in [4.69, 9.17) is 16.0 Å². The quantitative estimate of drug-likeness (QED) is 0.221. The zero-order valence-electron chi connectivity index (χ0n) is 21.8. The number of allylic oxidation sites excluding steroid dienone is 4. The molecule has 0 N–H and O–H groups in total. The molecule has 0 saturated heterocycles. The number of rotatable bonds is 2. The molecule has 0 unspecified atom stereocenters. The van der Waals surface area contributed by atoms with Crippen LogP contribution in [0.4, 0.5) is 0 Å². The molecule has 8 rings (SSSR count). The molecule has 0 fully saturated rings. The molecule has 1 spiro atoms. The Hall–Kier alpha value is -4.33. The first kappa shape index (κ1) is 22.6. The van der Waals surface area contributed by atoms with Crippen molar-refractivity contribution >= 4 is 39.1 Å². The summed E-state index contributed by atoms with van der Waals surface area (Å²) >= 11 is 6.74. The van der Waals surface area contributed by atoms with Crippen LogP contribution >= 0.6 is 11.6 Å². The first-order valence-corrected chi connectivity index (χ1v) is 13.8. The molecule has 1 nitrogen and oxygen atoms in total. The highest BCUT2D eigenvalue weighted by atomic mass is 35.5. The van der Waals surface area contributed by atoms with Crippen LogP contribution < -0.4 is 0 Å². The maximum Gasteiger partial charge on any atom is 0.144 e. The fourth-order valence-electron chi connectivity index (χ4n) is 7.19. The van der Waals surface area contributed by atoms with Crippen molar-refractivity contribution < 1.29 is 4.42 Å². The minimum absolute atomic E-state index is 0.340. The lowest BCUT2D eigenvalue weighted by Gasteiger charge is -2.31. The molecule has 0 aliphatic heterocycles. The molecule has 1 heterocycles. The van der Waals surface area contributed by atoms with Crippen LogP contribution in [-0.4, -0.2) is 0 Å². The summed E-state index contributed by atoms with van der Waals surface area (Å²) < 4.78 is 6.44. The van der Waals surface area contributed by atoms with Gasteiger partial charge < -0.3 is 4.42 Å². The summed E-state index contributed by atoms with van der Waals surface area (Å²) in [6, 6.07) is 37.0. The third kappa shape index (κ3) is 2.81. The molecule has 0 radical (unpaired) electrons. The molecule has 2 heteroatoms. The van der Waals surface area contributed by atoms with Gasteiger partial charge >= 0.3 is 0 Å². The van der Waals surface area contributed by atoms with Crippen LogP contribution in [0.3, 0.4) is 0 Å². The summed E-state index contributed by atoms with van der Waals surface area (Å²) in [5.41, 5.74) is 14.2. The predicted molar refractivity (Wildman–Crippen MR) is 163 cm³/mol. The van der Waals surface area contributed by atoms with Crippen molar-refractivity contribution in [3.8, 4) is 22.3 Å². The van der Waals surface area contributed by atoms with Crippen molar-refractivity contribution in [3.05, 3.63) is 148 Å². The largest absolute Gasteiger partial charge is 0.455 e. The topological polar surface area (TPSA) is 13.1 Å². The summed E-state index contributed by atoms with van der Waals surface area (Å²) in [4.78, 5) is 0. The Kier molecular flexibility index (Phi) is 4.69. The van der Waals surface area contributed by atoms with Gasteiger partial charge in [0.15, 0.2) is 0 Å². The van der Waals surface area contributed by atoms with E-state index in [0.29, 0.717) is 5.02 Å². The van der Waals surface area contributed by atoms with Crippen molar-refractivity contribution in [2.75, 3.05) is 0 Å². The van der Waals surface area contributed by atoms with Crippen LogP contribution in [0.5, 0.6) is 0 Å². The third-order valence-electron chi connectivity index (χ3n) is 8.75. The van der Waals surface area contributed by atoms with Gasteiger partial charge in [0.2, 0.25) is 0 Å². The van der Waals surface area contributed by atoms with Gasteiger partial charge in [0, 0.05) is 16.3 Å². The van der Waals surface area contributed by atoms with Gasteiger partial charge in [0.1, 0.15) is 11.2 Å². The molecule has 2 aliphatic carbocycles. The molecule has 1 aromatic heterocycles. The Morgan fingerprint density at radius 1 is 0.692 bits per heavy atom. The lowest BCUT2D eigenvalue weighted by Crippen LogP contribution is -2.26. The van der Waals surface area contributed by atoms with Gasteiger partial charge in [-0.1, -0.05) is 103 Å². The van der Waals surface area contributed by atoms with Gasteiger partial charge in [0.25, 0.3) is 0 Å². The number of hydrogen-bond acceptors (Lipinski definition) is 1. The highest BCUT2D eigenvalue weighted by molar-refractivity contribution is 6.38. The van der Waals surface area contributed by atoms with E-state index >= 15 is 0 Å². The Morgan fingerprint density at radius 2 is 1.36 bits per heavy atom. The number of para-hydroxylation sites is 1. The van der Waals surface area contributed by atoms with Gasteiger partial charge in [-0.05, 0) is 88.2 Å². The lowest BCUT2D eigenvalue weighted by molar-refractivity contribution is 0.670. The van der Waals surface area contributed by atoms with E-state index in [1.165, 1.54) is 44.5 Å². The molecule has 2 aliphatic rings. The summed E-state index contributed by atoms with van der Waals surface area (Å²) in [5.74, 6) is 0. The Morgan fingerprint density at radius 3 is 2.10 bits per heavy atom. The average Bonchev–Trinajstić information content (AvgIpc) is 3.58. The fourth-order valence-corrected chi connectivity index (χ4v) is 7.44. The highest BCUT2D eigenvalue weighted by Crippen LogP contribution is 2.62. The van der Waals surface area contributed by atoms with Crippen molar-refractivity contribution in [2.24, 2.45) is 0 Å². The molecular weight excluding hydrogens is 496 g/mol. The summed E-state index contributed by atoms with van der Waals surface area (Å²) in [6.07, 6.45) is 4.42. The van der Waals surface area contributed by atoms with E-state index in [-0.39, 0.29) is 5.41 Å². The first-order chi connectivity index (χ1) is 19.1. The second-order valence-electron chi connectivity index (χ2n) is 10.5. The van der Waals surface area contributed by atoms with Crippen LogP contribution in [0.1, 0.15) is 36.1 Å². The number of benzene rings is 5. The number of furan rings is 1. The smallest absolute Gasteiger partial charge is 0.144 e. The second-order valence-corrected chi connectivity index (χ2v) is 10.9. The minimum atomic E-state index is -0.340. The van der Waals surface area contributed by atoms with E-state index < -0.39 is 0 Å². The van der Waals surface area contributed by atoms with E-state index in [1.807, 2.05) is 24.3 Å². The van der Waals surface area contributed by atoms with Crippen LogP contribution in [0.15, 0.2) is 125 Å². The Labute approximate surface area is 232 Å². The number of hydrogen-bond donors (Lipinski definition) is 0. The highest BCUT2D eigenvalue weighted by Gasteiger charge is 2.51. The fraction of sp³-hybridized carbons (Fsp3) is 0.0811. The van der Waals surface area contributed by atoms with Gasteiger partial charge in [-0.2, -0.15) is 0 Å². The maximum atomic E-state index is 6.74. The maximum absolute atomic E-state index is 6.74. The van der Waals surface area contributed by atoms with Crippen LogP contribution in [0.25, 0.3) is 49.8 Å². The zero-order valence-corrected chi connectivity index (χ0v) is 22.5. The third-order valence-corrected chi connectivity index (χ3v) is 9.07. The molecule has 0 saturated carbocycles. The molecule has 186 valence electrons. The SMILES string of the molecule is C/C=C\C1=C(C)C2(c3cc(-c4ccc(Cl)c5c4oc4ccccc45)ccc31)c1ccccc1-c1ccccc12. The van der Waals surface area contributed by atoms with Gasteiger partial charge in [-0.25, -0.2) is 0 Å². The molecule has 5 aromatic carbocycles. The lowest BCUT2D eigenvalue weighted by atomic mass is 9.70. The summed E-state index contributed by atoms with van der Waals surface area (Å²) in [7, 11) is 0. The van der Waals surface area contributed by atoms with E-state index in [9.17, 15) is 0 Å². The molecular formula is C37H25ClO. The van der Waals surface area contributed by atoms with Crippen molar-refractivity contribution in [2.45, 2.75) is 19.3 Å². The molecule has 0 amide bonds. The van der Waals surface area contributed by atoms with E-state index in [0.717, 1.165) is 33.1 Å². The van der Waals surface area contributed by atoms with Gasteiger partial charge in [-0.15, -0.1) is 0 Å². The standard InChI is InChI=1S/C37H25ClO/c1-3-10-24-22(2)37(30-14-7-4-11-26(30)27-12-5-8-15-31(27)37)32-21-23(17-18-28(24)32)25-19-20-33(38)35-29-13-6-9-16-34(29)39-36(25)35/h3-21H,1-2H3/b10-3-. The number of fused-ring (bicyclic) bond motifs is 10. The van der Waals surface area contributed by atoms with Gasteiger partial charge in [0.05, 0.1) is 10.4 Å². The van der Waals surface area contributed by atoms with Crippen LogP contribution in [-0.2, 0) is 5.41 Å². The Balaban J connectivity index is 1.47. The van der Waals surface area contributed by atoms with Crippen molar-refractivity contribution in [1.82, 2.24) is 0 Å². The predicted octanol–water partition coefficient (Wildman–Crippen LogP) is 10.6. The molecule has 6 aromatic rings. The van der Waals surface area contributed by atoms with Crippen LogP contribution in [0.2, 0.25) is 5.02 Å². The van der Waals surface area contributed by atoms with Crippen molar-refractivity contribution in [1.29, 1.82) is 0 Å². The Bertz CT molecular complexity index is 2010. The normalized spacial score (nSPS) is 15.1. The van der Waals surface area contributed by atoms with Gasteiger partial charge in [-0.3, -0.25) is 0 Å². The monoisotopic (exact) mass is 520 g/mol. The van der Waals surface area contributed by atoms with Crippen LogP contribution in [0, 0.1) is 0 Å². The zero-order chi connectivity index (χ0) is 26.3. The molecule has 0 bridgehead atoms. The summed E-state index contributed by atoms with van der Waals surface area (Å²) in [6.45, 7) is 4.41. The molecule has 0 atom stereocenters. The second kappa shape index (κ2) is 8.09. The van der Waals surface area contributed by atoms with E-state index in [1.54, 1.807) is 0 Å². The summed E-state index contributed by atoms with van der Waals surface area (Å²) in [5, 5.41) is 2.73. The van der Waals surface area contributed by atoms with Crippen molar-refractivity contribution in [3.63, 3.8) is 0 Å². The van der Waals surface area contributed by atoms with E-state index in [2.05, 4.69) is 105 Å².